The maximum atomic E-state index is 4.38. The van der Waals surface area contributed by atoms with Crippen molar-refractivity contribution in [1.29, 1.82) is 0 Å². The van der Waals surface area contributed by atoms with Crippen LogP contribution in [-0.2, 0) is 0 Å². The van der Waals surface area contributed by atoms with E-state index in [2.05, 4.69) is 84.9 Å². The van der Waals surface area contributed by atoms with E-state index in [0.29, 0.717) is 0 Å². The van der Waals surface area contributed by atoms with E-state index in [0.717, 1.165) is 29.4 Å². The van der Waals surface area contributed by atoms with Gasteiger partial charge in [-0.2, -0.15) is 0 Å². The van der Waals surface area contributed by atoms with Crippen molar-refractivity contribution in [3.8, 4) is 0 Å². The van der Waals surface area contributed by atoms with E-state index in [1.807, 2.05) is 13.1 Å². The molecule has 0 saturated carbocycles. The van der Waals surface area contributed by atoms with Crippen LogP contribution >= 0.6 is 0 Å². The zero-order chi connectivity index (χ0) is 22.2. The van der Waals surface area contributed by atoms with Crippen molar-refractivity contribution >= 4 is 11.4 Å². The fourth-order valence-corrected chi connectivity index (χ4v) is 4.86. The fourth-order valence-electron chi connectivity index (χ4n) is 4.86. The Kier molecular flexibility index (Phi) is 10.5. The highest BCUT2D eigenvalue weighted by molar-refractivity contribution is 5.46. The summed E-state index contributed by atoms with van der Waals surface area (Å²) in [6.07, 6.45) is 7.46. The molecular formula is C29H47N3. The van der Waals surface area contributed by atoms with Gasteiger partial charge in [0.1, 0.15) is 0 Å². The summed E-state index contributed by atoms with van der Waals surface area (Å²) < 4.78 is 0. The van der Waals surface area contributed by atoms with Crippen molar-refractivity contribution in [1.82, 2.24) is 4.98 Å². The summed E-state index contributed by atoms with van der Waals surface area (Å²) in [6.45, 7) is 16.3. The SMILES string of the molecule is C.CC(C)C1CCCN(c2ccccc2)C1.Cc1ccc(N2CCCC(C(C)C)C2)cn1. The molecule has 2 unspecified atom stereocenters. The number of nitrogens with zero attached hydrogens (tertiary/aromatic N) is 3. The number of pyridine rings is 1. The van der Waals surface area contributed by atoms with Crippen LogP contribution < -0.4 is 9.80 Å². The summed E-state index contributed by atoms with van der Waals surface area (Å²) >= 11 is 0. The number of para-hydroxylation sites is 1. The predicted molar refractivity (Wildman–Crippen MR) is 142 cm³/mol. The van der Waals surface area contributed by atoms with Crippen LogP contribution in [0, 0.1) is 30.6 Å². The van der Waals surface area contributed by atoms with Crippen molar-refractivity contribution in [2.45, 2.75) is 67.7 Å². The van der Waals surface area contributed by atoms with Crippen LogP contribution in [-0.4, -0.2) is 31.2 Å². The number of piperidine rings is 2. The first-order valence-corrected chi connectivity index (χ1v) is 12.4. The van der Waals surface area contributed by atoms with E-state index < -0.39 is 0 Å². The molecule has 178 valence electrons. The number of aryl methyl sites for hydroxylation is 1. The van der Waals surface area contributed by atoms with E-state index in [-0.39, 0.29) is 7.43 Å². The van der Waals surface area contributed by atoms with Gasteiger partial charge in [-0.25, -0.2) is 0 Å². The first-order chi connectivity index (χ1) is 14.9. The molecular weight excluding hydrogens is 390 g/mol. The second-order valence-corrected chi connectivity index (χ2v) is 10.2. The highest BCUT2D eigenvalue weighted by Gasteiger charge is 2.23. The third kappa shape index (κ3) is 7.53. The van der Waals surface area contributed by atoms with Crippen molar-refractivity contribution in [2.75, 3.05) is 36.0 Å². The molecule has 2 aromatic rings. The van der Waals surface area contributed by atoms with Crippen LogP contribution in [0.25, 0.3) is 0 Å². The lowest BCUT2D eigenvalue weighted by Crippen LogP contribution is -2.37. The lowest BCUT2D eigenvalue weighted by molar-refractivity contribution is 0.321. The fraction of sp³-hybridized carbons (Fsp3) is 0.621. The highest BCUT2D eigenvalue weighted by atomic mass is 15.1. The Labute approximate surface area is 198 Å². The summed E-state index contributed by atoms with van der Waals surface area (Å²) in [4.78, 5) is 9.41. The number of benzene rings is 1. The Balaban J connectivity index is 0.000000220. The first kappa shape index (κ1) is 26.2. The van der Waals surface area contributed by atoms with E-state index >= 15 is 0 Å². The first-order valence-electron chi connectivity index (χ1n) is 12.4. The van der Waals surface area contributed by atoms with Gasteiger partial charge in [-0.1, -0.05) is 53.3 Å². The maximum Gasteiger partial charge on any atom is 0.0553 e. The number of rotatable bonds is 4. The lowest BCUT2D eigenvalue weighted by Gasteiger charge is -2.36. The van der Waals surface area contributed by atoms with E-state index in [1.165, 1.54) is 63.2 Å². The number of aromatic nitrogens is 1. The van der Waals surface area contributed by atoms with Gasteiger partial charge in [-0.15, -0.1) is 0 Å². The summed E-state index contributed by atoms with van der Waals surface area (Å²) in [6, 6.07) is 15.1. The van der Waals surface area contributed by atoms with Crippen molar-refractivity contribution in [3.63, 3.8) is 0 Å². The van der Waals surface area contributed by atoms with Gasteiger partial charge in [0.05, 0.1) is 11.9 Å². The van der Waals surface area contributed by atoms with Gasteiger partial charge in [0, 0.05) is 37.6 Å². The van der Waals surface area contributed by atoms with Crippen LogP contribution in [0.4, 0.5) is 11.4 Å². The van der Waals surface area contributed by atoms with Crippen LogP contribution in [0.1, 0.15) is 66.5 Å². The molecule has 1 aromatic heterocycles. The Bertz CT molecular complexity index is 754. The minimum Gasteiger partial charge on any atom is -0.371 e. The highest BCUT2D eigenvalue weighted by Crippen LogP contribution is 2.28. The van der Waals surface area contributed by atoms with Gasteiger partial charge >= 0.3 is 0 Å². The van der Waals surface area contributed by atoms with Crippen molar-refractivity contribution in [3.05, 3.63) is 54.4 Å². The van der Waals surface area contributed by atoms with Crippen molar-refractivity contribution < 1.29 is 0 Å². The Morgan fingerprint density at radius 3 is 1.75 bits per heavy atom. The molecule has 3 nitrogen and oxygen atoms in total. The van der Waals surface area contributed by atoms with Gasteiger partial charge in [-0.05, 0) is 80.5 Å². The molecule has 0 spiro atoms. The molecule has 2 aliphatic heterocycles. The standard InChI is InChI=1S/C14H22N2.C14H21N.CH4/c1-11(2)13-5-4-8-16(10-13)14-7-6-12(3)15-9-14;1-12(2)13-7-6-10-15(11-13)14-8-4-3-5-9-14;/h6-7,9,11,13H,4-5,8,10H2,1-3H3;3-5,8-9,12-13H,6-7,10-11H2,1-2H3;1H4. The molecule has 4 rings (SSSR count). The van der Waals surface area contributed by atoms with E-state index in [9.17, 15) is 0 Å². The number of anilines is 2. The molecule has 2 atom stereocenters. The Morgan fingerprint density at radius 1 is 0.750 bits per heavy atom. The molecule has 2 fully saturated rings. The van der Waals surface area contributed by atoms with Gasteiger partial charge in [0.15, 0.2) is 0 Å². The zero-order valence-electron chi connectivity index (χ0n) is 20.4. The molecule has 3 heteroatoms. The monoisotopic (exact) mass is 437 g/mol. The van der Waals surface area contributed by atoms with Gasteiger partial charge in [0.25, 0.3) is 0 Å². The molecule has 0 N–H and O–H groups in total. The molecule has 0 bridgehead atoms. The molecule has 0 radical (unpaired) electrons. The molecule has 0 aliphatic carbocycles. The minimum atomic E-state index is 0. The second-order valence-electron chi connectivity index (χ2n) is 10.2. The smallest absolute Gasteiger partial charge is 0.0553 e. The topological polar surface area (TPSA) is 19.4 Å². The molecule has 2 saturated heterocycles. The maximum absolute atomic E-state index is 4.38. The number of hydrogen-bond acceptors (Lipinski definition) is 3. The summed E-state index contributed by atoms with van der Waals surface area (Å²) in [7, 11) is 0. The molecule has 32 heavy (non-hydrogen) atoms. The quantitative estimate of drug-likeness (QED) is 0.495. The third-order valence-corrected chi connectivity index (χ3v) is 7.18. The molecule has 3 heterocycles. The average Bonchev–Trinajstić information content (AvgIpc) is 2.81. The molecule has 0 amide bonds. The van der Waals surface area contributed by atoms with Crippen LogP contribution in [0.3, 0.4) is 0 Å². The second kappa shape index (κ2) is 12.9. The largest absolute Gasteiger partial charge is 0.371 e. The van der Waals surface area contributed by atoms with Crippen molar-refractivity contribution in [2.24, 2.45) is 23.7 Å². The van der Waals surface area contributed by atoms with E-state index in [4.69, 9.17) is 0 Å². The Hall–Kier alpha value is -2.03. The van der Waals surface area contributed by atoms with Gasteiger partial charge in [-0.3, -0.25) is 4.98 Å². The summed E-state index contributed by atoms with van der Waals surface area (Å²) in [5.41, 5.74) is 3.78. The number of hydrogen-bond donors (Lipinski definition) is 0. The Morgan fingerprint density at radius 2 is 1.28 bits per heavy atom. The average molecular weight is 438 g/mol. The minimum absolute atomic E-state index is 0. The summed E-state index contributed by atoms with van der Waals surface area (Å²) in [5, 5.41) is 0. The van der Waals surface area contributed by atoms with Crippen LogP contribution in [0.5, 0.6) is 0 Å². The van der Waals surface area contributed by atoms with Gasteiger partial charge in [0.2, 0.25) is 0 Å². The molecule has 1 aromatic carbocycles. The van der Waals surface area contributed by atoms with Gasteiger partial charge < -0.3 is 9.80 Å². The normalized spacial score (nSPS) is 21.1. The zero-order valence-corrected chi connectivity index (χ0v) is 20.4. The molecule has 2 aliphatic rings. The van der Waals surface area contributed by atoms with Crippen LogP contribution in [0.2, 0.25) is 0 Å². The predicted octanol–water partition coefficient (Wildman–Crippen LogP) is 7.46. The summed E-state index contributed by atoms with van der Waals surface area (Å²) in [5.74, 6) is 3.33. The third-order valence-electron chi connectivity index (χ3n) is 7.18. The van der Waals surface area contributed by atoms with E-state index in [1.54, 1.807) is 0 Å². The lowest BCUT2D eigenvalue weighted by atomic mass is 9.88. The van der Waals surface area contributed by atoms with Crippen LogP contribution in [0.15, 0.2) is 48.7 Å².